The molecule has 2 aromatic rings. The summed E-state index contributed by atoms with van der Waals surface area (Å²) >= 11 is 0. The van der Waals surface area contributed by atoms with Gasteiger partial charge >= 0.3 is 5.97 Å². The van der Waals surface area contributed by atoms with E-state index in [4.69, 9.17) is 19.2 Å². The molecule has 0 atom stereocenters. The number of piperidine rings is 1. The van der Waals surface area contributed by atoms with E-state index in [1.807, 2.05) is 13.8 Å². The molecule has 35 heavy (non-hydrogen) atoms. The lowest BCUT2D eigenvalue weighted by atomic mass is 9.86. The fourth-order valence-corrected chi connectivity index (χ4v) is 4.69. The molecule has 4 rings (SSSR count). The maximum atomic E-state index is 11.8. The summed E-state index contributed by atoms with van der Waals surface area (Å²) in [6.07, 6.45) is 2.83. The number of hydrogen-bond acceptors (Lipinski definition) is 6. The lowest BCUT2D eigenvalue weighted by molar-refractivity contribution is -0.142. The standard InChI is InChI=1S/C29H36N2O4/c1-4-33-27(12-13-28(32)34-5-2)30-19-21-10-11-26-25(18-21)29(22-14-16-31(3)17-15-22)24-9-7-6-8-23(24)20-35-26/h6-11,18H,4-5,12-17,19-20H2,1-3H3. The summed E-state index contributed by atoms with van der Waals surface area (Å²) in [5.74, 6) is 1.28. The second-order valence-corrected chi connectivity index (χ2v) is 9.01. The van der Waals surface area contributed by atoms with Crippen LogP contribution in [0.4, 0.5) is 0 Å². The summed E-state index contributed by atoms with van der Waals surface area (Å²) in [6.45, 7) is 7.83. The van der Waals surface area contributed by atoms with Gasteiger partial charge in [0, 0.05) is 25.1 Å². The van der Waals surface area contributed by atoms with Crippen LogP contribution >= 0.6 is 0 Å². The molecule has 0 spiro atoms. The van der Waals surface area contributed by atoms with Crippen molar-refractivity contribution in [1.82, 2.24) is 4.90 Å². The van der Waals surface area contributed by atoms with Crippen molar-refractivity contribution in [2.75, 3.05) is 33.4 Å². The monoisotopic (exact) mass is 476 g/mol. The van der Waals surface area contributed by atoms with Gasteiger partial charge in [-0.1, -0.05) is 35.9 Å². The van der Waals surface area contributed by atoms with Crippen LogP contribution in [0.5, 0.6) is 5.75 Å². The van der Waals surface area contributed by atoms with Crippen LogP contribution in [-0.2, 0) is 27.4 Å². The molecule has 1 saturated heterocycles. The van der Waals surface area contributed by atoms with E-state index < -0.39 is 0 Å². The molecule has 2 aliphatic rings. The maximum Gasteiger partial charge on any atom is 0.306 e. The lowest BCUT2D eigenvalue weighted by Gasteiger charge is -2.27. The molecule has 0 amide bonds. The summed E-state index contributed by atoms with van der Waals surface area (Å²) in [5, 5.41) is 0. The highest BCUT2D eigenvalue weighted by atomic mass is 16.5. The smallest absolute Gasteiger partial charge is 0.306 e. The average Bonchev–Trinajstić information content (AvgIpc) is 3.03. The highest BCUT2D eigenvalue weighted by molar-refractivity contribution is 5.87. The van der Waals surface area contributed by atoms with Gasteiger partial charge in [-0.25, -0.2) is 0 Å². The summed E-state index contributed by atoms with van der Waals surface area (Å²) in [7, 11) is 2.19. The normalized spacial score (nSPS) is 16.1. The Morgan fingerprint density at radius 2 is 1.77 bits per heavy atom. The first-order valence-electron chi connectivity index (χ1n) is 12.7. The number of carbonyl (C=O) groups is 1. The maximum absolute atomic E-state index is 11.8. The van der Waals surface area contributed by atoms with Crippen LogP contribution in [-0.4, -0.2) is 50.1 Å². The molecule has 0 bridgehead atoms. The van der Waals surface area contributed by atoms with Crippen LogP contribution in [0.3, 0.4) is 0 Å². The minimum Gasteiger partial charge on any atom is -0.488 e. The van der Waals surface area contributed by atoms with E-state index in [2.05, 4.69) is 54.4 Å². The zero-order valence-electron chi connectivity index (χ0n) is 21.1. The van der Waals surface area contributed by atoms with Crippen molar-refractivity contribution in [3.05, 3.63) is 70.3 Å². The Hall–Kier alpha value is -3.12. The molecule has 0 aliphatic carbocycles. The van der Waals surface area contributed by atoms with E-state index in [9.17, 15) is 4.79 Å². The first-order valence-corrected chi connectivity index (χ1v) is 12.7. The van der Waals surface area contributed by atoms with Crippen LogP contribution in [0.15, 0.2) is 53.0 Å². The average molecular weight is 477 g/mol. The molecule has 0 N–H and O–H groups in total. The van der Waals surface area contributed by atoms with Crippen molar-refractivity contribution < 1.29 is 19.0 Å². The fourth-order valence-electron chi connectivity index (χ4n) is 4.69. The van der Waals surface area contributed by atoms with Crippen molar-refractivity contribution in [2.45, 2.75) is 52.7 Å². The fraction of sp³-hybridized carbons (Fsp3) is 0.448. The second kappa shape index (κ2) is 12.0. The van der Waals surface area contributed by atoms with Gasteiger partial charge in [0.05, 0.1) is 26.2 Å². The van der Waals surface area contributed by atoms with E-state index in [0.29, 0.717) is 38.7 Å². The topological polar surface area (TPSA) is 60.4 Å². The van der Waals surface area contributed by atoms with Gasteiger partial charge in [0.15, 0.2) is 5.90 Å². The van der Waals surface area contributed by atoms with Crippen molar-refractivity contribution in [2.24, 2.45) is 4.99 Å². The predicted molar refractivity (Wildman–Crippen MR) is 139 cm³/mol. The summed E-state index contributed by atoms with van der Waals surface area (Å²) in [4.78, 5) is 18.9. The molecule has 0 unspecified atom stereocenters. The first kappa shape index (κ1) is 25.0. The Morgan fingerprint density at radius 3 is 2.54 bits per heavy atom. The number of rotatable bonds is 7. The van der Waals surface area contributed by atoms with E-state index in [1.54, 1.807) is 0 Å². The zero-order valence-corrected chi connectivity index (χ0v) is 21.1. The van der Waals surface area contributed by atoms with Crippen LogP contribution in [0.25, 0.3) is 5.57 Å². The Labute approximate surface area is 208 Å². The van der Waals surface area contributed by atoms with Gasteiger partial charge in [-0.15, -0.1) is 0 Å². The number of ether oxygens (including phenoxy) is 3. The number of fused-ring (bicyclic) bond motifs is 2. The van der Waals surface area contributed by atoms with Gasteiger partial charge in [-0.05, 0) is 68.1 Å². The molecule has 2 aliphatic heterocycles. The van der Waals surface area contributed by atoms with Crippen molar-refractivity contribution in [3.8, 4) is 5.75 Å². The Morgan fingerprint density at radius 1 is 1.00 bits per heavy atom. The van der Waals surface area contributed by atoms with Crippen molar-refractivity contribution >= 4 is 17.4 Å². The van der Waals surface area contributed by atoms with E-state index in [0.717, 1.165) is 42.8 Å². The zero-order chi connectivity index (χ0) is 24.6. The summed E-state index contributed by atoms with van der Waals surface area (Å²) < 4.78 is 17.0. The number of aliphatic imine (C=N–C) groups is 1. The molecule has 186 valence electrons. The minimum absolute atomic E-state index is 0.227. The molecular weight excluding hydrogens is 440 g/mol. The van der Waals surface area contributed by atoms with Crippen LogP contribution in [0.2, 0.25) is 0 Å². The van der Waals surface area contributed by atoms with Crippen molar-refractivity contribution in [1.29, 1.82) is 0 Å². The third-order valence-electron chi connectivity index (χ3n) is 6.52. The molecule has 0 saturated carbocycles. The Kier molecular flexibility index (Phi) is 8.59. The van der Waals surface area contributed by atoms with Gasteiger partial charge in [0.2, 0.25) is 0 Å². The molecule has 2 aromatic carbocycles. The summed E-state index contributed by atoms with van der Waals surface area (Å²) in [6, 6.07) is 15.0. The molecule has 2 heterocycles. The molecular formula is C29H36N2O4. The van der Waals surface area contributed by atoms with E-state index in [1.165, 1.54) is 22.3 Å². The first-order chi connectivity index (χ1) is 17.1. The quantitative estimate of drug-likeness (QED) is 0.305. The third kappa shape index (κ3) is 6.31. The highest BCUT2D eigenvalue weighted by Crippen LogP contribution is 2.41. The van der Waals surface area contributed by atoms with Crippen LogP contribution in [0, 0.1) is 0 Å². The Bertz CT molecular complexity index is 1100. The number of likely N-dealkylation sites (tertiary alicyclic amines) is 1. The van der Waals surface area contributed by atoms with Gasteiger partial charge in [-0.2, -0.15) is 0 Å². The van der Waals surface area contributed by atoms with E-state index in [-0.39, 0.29) is 12.4 Å². The van der Waals surface area contributed by atoms with E-state index >= 15 is 0 Å². The number of hydrogen-bond donors (Lipinski definition) is 0. The number of benzene rings is 2. The van der Waals surface area contributed by atoms with Gasteiger partial charge in [-0.3, -0.25) is 9.79 Å². The van der Waals surface area contributed by atoms with Crippen LogP contribution in [0.1, 0.15) is 61.8 Å². The largest absolute Gasteiger partial charge is 0.488 e. The third-order valence-corrected chi connectivity index (χ3v) is 6.52. The predicted octanol–water partition coefficient (Wildman–Crippen LogP) is 5.38. The Balaban J connectivity index is 1.65. The molecule has 0 radical (unpaired) electrons. The van der Waals surface area contributed by atoms with Gasteiger partial charge in [0.1, 0.15) is 12.4 Å². The number of carbonyl (C=O) groups excluding carboxylic acids is 1. The summed E-state index contributed by atoms with van der Waals surface area (Å²) in [5.41, 5.74) is 7.54. The van der Waals surface area contributed by atoms with Crippen LogP contribution < -0.4 is 4.74 Å². The molecule has 6 nitrogen and oxygen atoms in total. The molecule has 6 heteroatoms. The molecule has 1 fully saturated rings. The van der Waals surface area contributed by atoms with Crippen molar-refractivity contribution in [3.63, 3.8) is 0 Å². The number of esters is 1. The number of nitrogens with zero attached hydrogens (tertiary/aromatic N) is 2. The minimum atomic E-state index is -0.227. The van der Waals surface area contributed by atoms with Gasteiger partial charge < -0.3 is 19.1 Å². The lowest BCUT2D eigenvalue weighted by Crippen LogP contribution is -2.27. The SMILES string of the molecule is CCOC(=O)CCC(=NCc1ccc2c(c1)C(=C1CCN(C)CC1)c1ccccc1CO2)OCC. The highest BCUT2D eigenvalue weighted by Gasteiger charge is 2.24. The second-order valence-electron chi connectivity index (χ2n) is 9.01. The van der Waals surface area contributed by atoms with Gasteiger partial charge in [0.25, 0.3) is 0 Å². The molecule has 0 aromatic heterocycles.